The maximum Gasteiger partial charge on any atom is 0.333 e. The Labute approximate surface area is 113 Å². The van der Waals surface area contributed by atoms with Gasteiger partial charge in [-0.2, -0.15) is 0 Å². The normalized spacial score (nSPS) is 11.5. The molecule has 0 bridgehead atoms. The summed E-state index contributed by atoms with van der Waals surface area (Å²) in [7, 11) is 0. The van der Waals surface area contributed by atoms with Crippen molar-refractivity contribution >= 4 is 11.9 Å². The van der Waals surface area contributed by atoms with Crippen LogP contribution >= 0.6 is 0 Å². The monoisotopic (exact) mass is 272 g/mol. The zero-order valence-corrected chi connectivity index (χ0v) is 11.3. The van der Waals surface area contributed by atoms with Crippen molar-refractivity contribution in [3.8, 4) is 0 Å². The lowest BCUT2D eigenvalue weighted by atomic mass is 10.4. The van der Waals surface area contributed by atoms with Crippen LogP contribution in [0, 0.1) is 0 Å². The number of carbonyl (C=O) groups is 2. The first-order valence-corrected chi connectivity index (χ1v) is 5.82. The van der Waals surface area contributed by atoms with E-state index in [0.717, 1.165) is 6.08 Å². The molecule has 0 aliphatic rings. The second-order valence-corrected chi connectivity index (χ2v) is 3.60. The van der Waals surface area contributed by atoms with Gasteiger partial charge in [0, 0.05) is 11.6 Å². The van der Waals surface area contributed by atoms with Crippen molar-refractivity contribution in [2.24, 2.45) is 0 Å². The maximum absolute atomic E-state index is 11.0. The fraction of sp³-hybridized carbons (Fsp3) is 0.538. The lowest BCUT2D eigenvalue weighted by Crippen LogP contribution is -2.20. The van der Waals surface area contributed by atoms with Crippen molar-refractivity contribution in [1.82, 2.24) is 0 Å². The lowest BCUT2D eigenvalue weighted by molar-refractivity contribution is -0.160. The number of esters is 2. The zero-order chi connectivity index (χ0) is 14.7. The van der Waals surface area contributed by atoms with Crippen LogP contribution in [0.15, 0.2) is 24.8 Å². The minimum atomic E-state index is -0.496. The van der Waals surface area contributed by atoms with Gasteiger partial charge in [0.15, 0.2) is 6.29 Å². The van der Waals surface area contributed by atoms with Gasteiger partial charge < -0.3 is 18.9 Å². The van der Waals surface area contributed by atoms with E-state index in [1.807, 2.05) is 0 Å². The van der Waals surface area contributed by atoms with Crippen LogP contribution in [0.1, 0.15) is 13.8 Å². The third kappa shape index (κ3) is 9.99. The van der Waals surface area contributed by atoms with Gasteiger partial charge >= 0.3 is 11.9 Å². The molecule has 1 atom stereocenters. The van der Waals surface area contributed by atoms with Gasteiger partial charge in [0.25, 0.3) is 0 Å². The molecule has 0 N–H and O–H groups in total. The summed E-state index contributed by atoms with van der Waals surface area (Å²) in [6.45, 7) is 10.7. The molecule has 0 aliphatic heterocycles. The Hall–Kier alpha value is -1.66. The van der Waals surface area contributed by atoms with E-state index in [1.165, 1.54) is 0 Å². The fourth-order valence-electron chi connectivity index (χ4n) is 0.935. The van der Waals surface area contributed by atoms with Gasteiger partial charge in [0.1, 0.15) is 13.2 Å². The SMILES string of the molecule is C=CC(=O)OCCOC(C)OCCOC(=O)C(=C)C. The molecule has 0 rings (SSSR count). The highest BCUT2D eigenvalue weighted by Gasteiger charge is 2.05. The van der Waals surface area contributed by atoms with E-state index in [9.17, 15) is 9.59 Å². The Morgan fingerprint density at radius 1 is 1.11 bits per heavy atom. The predicted molar refractivity (Wildman–Crippen MR) is 68.3 cm³/mol. The second-order valence-electron chi connectivity index (χ2n) is 3.60. The summed E-state index contributed by atoms with van der Waals surface area (Å²) < 4.78 is 19.9. The van der Waals surface area contributed by atoms with Gasteiger partial charge in [-0.05, 0) is 13.8 Å². The van der Waals surface area contributed by atoms with E-state index >= 15 is 0 Å². The van der Waals surface area contributed by atoms with Crippen molar-refractivity contribution in [2.45, 2.75) is 20.1 Å². The van der Waals surface area contributed by atoms with Crippen LogP contribution in [0.4, 0.5) is 0 Å². The number of hydrogen-bond donors (Lipinski definition) is 0. The van der Waals surface area contributed by atoms with Gasteiger partial charge in [0.2, 0.25) is 0 Å². The highest BCUT2D eigenvalue weighted by Crippen LogP contribution is 1.96. The Kier molecular flexibility index (Phi) is 9.38. The molecule has 0 aliphatic carbocycles. The van der Waals surface area contributed by atoms with E-state index in [1.54, 1.807) is 13.8 Å². The molecule has 0 aromatic carbocycles. The first-order chi connectivity index (χ1) is 8.97. The van der Waals surface area contributed by atoms with Gasteiger partial charge in [-0.25, -0.2) is 9.59 Å². The van der Waals surface area contributed by atoms with Crippen molar-refractivity contribution in [3.63, 3.8) is 0 Å². The molecule has 0 amide bonds. The second kappa shape index (κ2) is 10.3. The van der Waals surface area contributed by atoms with Crippen LogP contribution in [0.2, 0.25) is 0 Å². The van der Waals surface area contributed by atoms with E-state index in [0.29, 0.717) is 5.57 Å². The number of ether oxygens (including phenoxy) is 4. The van der Waals surface area contributed by atoms with Crippen LogP contribution in [-0.4, -0.2) is 44.7 Å². The molecular formula is C13H20O6. The molecule has 0 saturated heterocycles. The summed E-state index contributed by atoms with van der Waals surface area (Å²) in [5.41, 5.74) is 0.341. The summed E-state index contributed by atoms with van der Waals surface area (Å²) in [6.07, 6.45) is 0.599. The molecule has 1 unspecified atom stereocenters. The zero-order valence-electron chi connectivity index (χ0n) is 11.3. The van der Waals surface area contributed by atoms with Crippen LogP contribution in [0.3, 0.4) is 0 Å². The fourth-order valence-corrected chi connectivity index (χ4v) is 0.935. The third-order valence-electron chi connectivity index (χ3n) is 1.86. The minimum absolute atomic E-state index is 0.128. The van der Waals surface area contributed by atoms with Crippen molar-refractivity contribution < 1.29 is 28.5 Å². The molecule has 0 fully saturated rings. The number of carbonyl (C=O) groups excluding carboxylic acids is 2. The third-order valence-corrected chi connectivity index (χ3v) is 1.86. The molecule has 0 spiro atoms. The van der Waals surface area contributed by atoms with E-state index in [4.69, 9.17) is 18.9 Å². The standard InChI is InChI=1S/C13H20O6/c1-5-12(14)18-8-6-16-11(4)17-7-9-19-13(15)10(2)3/h5,11H,1-2,6-9H2,3-4H3. The largest absolute Gasteiger partial charge is 0.460 e. The molecule has 19 heavy (non-hydrogen) atoms. The molecular weight excluding hydrogens is 252 g/mol. The Morgan fingerprint density at radius 3 is 2.11 bits per heavy atom. The Balaban J connectivity index is 3.47. The highest BCUT2D eigenvalue weighted by molar-refractivity contribution is 5.86. The van der Waals surface area contributed by atoms with Crippen LogP contribution in [0.5, 0.6) is 0 Å². The first-order valence-electron chi connectivity index (χ1n) is 5.82. The summed E-state index contributed by atoms with van der Waals surface area (Å²) in [6, 6.07) is 0. The van der Waals surface area contributed by atoms with Crippen molar-refractivity contribution in [2.75, 3.05) is 26.4 Å². The van der Waals surface area contributed by atoms with Crippen molar-refractivity contribution in [1.29, 1.82) is 0 Å². The van der Waals surface area contributed by atoms with E-state index in [-0.39, 0.29) is 26.4 Å². The van der Waals surface area contributed by atoms with Gasteiger partial charge in [-0.3, -0.25) is 0 Å². The molecule has 6 nitrogen and oxygen atoms in total. The summed E-state index contributed by atoms with van der Waals surface area (Å²) in [5, 5.41) is 0. The lowest BCUT2D eigenvalue weighted by Gasteiger charge is -2.14. The topological polar surface area (TPSA) is 71.1 Å². The number of rotatable bonds is 10. The van der Waals surface area contributed by atoms with Crippen LogP contribution in [0.25, 0.3) is 0 Å². The van der Waals surface area contributed by atoms with Crippen molar-refractivity contribution in [3.05, 3.63) is 24.8 Å². The molecule has 0 heterocycles. The molecule has 108 valence electrons. The Morgan fingerprint density at radius 2 is 1.63 bits per heavy atom. The average Bonchev–Trinajstić information content (AvgIpc) is 2.38. The predicted octanol–water partition coefficient (Wildman–Crippen LogP) is 1.21. The average molecular weight is 272 g/mol. The number of hydrogen-bond acceptors (Lipinski definition) is 6. The Bertz CT molecular complexity index is 323. The molecule has 6 heteroatoms. The highest BCUT2D eigenvalue weighted by atomic mass is 16.7. The molecule has 0 saturated carbocycles. The van der Waals surface area contributed by atoms with E-state index in [2.05, 4.69) is 13.2 Å². The summed E-state index contributed by atoms with van der Waals surface area (Å²) in [5.74, 6) is -0.947. The van der Waals surface area contributed by atoms with Crippen LogP contribution in [-0.2, 0) is 28.5 Å². The first kappa shape index (κ1) is 17.3. The quantitative estimate of drug-likeness (QED) is 0.258. The smallest absolute Gasteiger partial charge is 0.333 e. The minimum Gasteiger partial charge on any atom is -0.460 e. The maximum atomic E-state index is 11.0. The summed E-state index contributed by atoms with van der Waals surface area (Å²) >= 11 is 0. The van der Waals surface area contributed by atoms with Gasteiger partial charge in [-0.1, -0.05) is 13.2 Å². The van der Waals surface area contributed by atoms with Crippen LogP contribution < -0.4 is 0 Å². The van der Waals surface area contributed by atoms with E-state index < -0.39 is 18.2 Å². The molecule has 0 radical (unpaired) electrons. The summed E-state index contributed by atoms with van der Waals surface area (Å²) in [4.78, 5) is 21.7. The molecule has 0 aromatic heterocycles. The van der Waals surface area contributed by atoms with Gasteiger partial charge in [-0.15, -0.1) is 0 Å². The van der Waals surface area contributed by atoms with Gasteiger partial charge in [0.05, 0.1) is 13.2 Å². The molecule has 0 aromatic rings.